The lowest BCUT2D eigenvalue weighted by Gasteiger charge is -2.07. The van der Waals surface area contributed by atoms with Crippen LogP contribution >= 0.6 is 22.6 Å². The molecule has 0 radical (unpaired) electrons. The molecule has 1 amide bonds. The number of nitrogens with one attached hydrogen (secondary N) is 2. The highest BCUT2D eigenvalue weighted by atomic mass is 127. The zero-order valence-corrected chi connectivity index (χ0v) is 11.9. The van der Waals surface area contributed by atoms with E-state index in [0.717, 1.165) is 5.57 Å². The Labute approximate surface area is 123 Å². The number of carbonyl (C=O) groups is 2. The number of amides is 1. The van der Waals surface area contributed by atoms with Crippen molar-refractivity contribution >= 4 is 34.3 Å². The molecule has 6 heteroatoms. The fraction of sp³-hybridized carbons (Fsp3) is 0. The largest absolute Gasteiger partial charge is 0.305 e. The van der Waals surface area contributed by atoms with Gasteiger partial charge in [-0.05, 0) is 58.5 Å². The minimum atomic E-state index is -0.256. The van der Waals surface area contributed by atoms with Gasteiger partial charge in [-0.15, -0.1) is 0 Å². The van der Waals surface area contributed by atoms with Crippen molar-refractivity contribution in [1.29, 1.82) is 0 Å². The van der Waals surface area contributed by atoms with E-state index in [1.54, 1.807) is 42.9 Å². The number of ketones is 1. The minimum Gasteiger partial charge on any atom is -0.305 e. The standard InChI is InChI=1S/C13H10IN3O2/c14-11-7-9(1-2-12(11)18)8-16-17-13(19)10-3-5-15-6-4-10/h1-8,16H,(H,17,19)/b9-8+. The number of carbonyl (C=O) groups excluding carboxylic acids is 2. The van der Waals surface area contributed by atoms with Gasteiger partial charge in [-0.25, -0.2) is 0 Å². The van der Waals surface area contributed by atoms with Gasteiger partial charge in [0.2, 0.25) is 0 Å². The Balaban J connectivity index is 1.92. The summed E-state index contributed by atoms with van der Waals surface area (Å²) in [4.78, 5) is 26.7. The molecule has 0 bridgehead atoms. The maximum Gasteiger partial charge on any atom is 0.269 e. The van der Waals surface area contributed by atoms with E-state index in [1.165, 1.54) is 6.08 Å². The van der Waals surface area contributed by atoms with Crippen molar-refractivity contribution < 1.29 is 9.59 Å². The monoisotopic (exact) mass is 367 g/mol. The van der Waals surface area contributed by atoms with Crippen molar-refractivity contribution in [1.82, 2.24) is 15.8 Å². The fourth-order valence-electron chi connectivity index (χ4n) is 1.37. The number of nitrogens with zero attached hydrogens (tertiary/aromatic N) is 1. The van der Waals surface area contributed by atoms with Crippen LogP contribution in [-0.2, 0) is 4.79 Å². The average molecular weight is 367 g/mol. The Morgan fingerprint density at radius 3 is 2.68 bits per heavy atom. The molecule has 0 saturated carbocycles. The Hall–Kier alpha value is -1.96. The molecule has 0 fully saturated rings. The molecule has 1 aliphatic carbocycles. The Kier molecular flexibility index (Phi) is 4.45. The molecular weight excluding hydrogens is 357 g/mol. The number of hydrogen-bond acceptors (Lipinski definition) is 4. The highest BCUT2D eigenvalue weighted by Gasteiger charge is 2.07. The van der Waals surface area contributed by atoms with Crippen LogP contribution in [0.25, 0.3) is 0 Å². The van der Waals surface area contributed by atoms with Crippen molar-refractivity contribution in [2.75, 3.05) is 0 Å². The van der Waals surface area contributed by atoms with Gasteiger partial charge in [0.05, 0.1) is 3.58 Å². The first-order valence-electron chi connectivity index (χ1n) is 5.42. The molecule has 0 atom stereocenters. The summed E-state index contributed by atoms with van der Waals surface area (Å²) in [6.45, 7) is 0. The summed E-state index contributed by atoms with van der Waals surface area (Å²) in [6.07, 6.45) is 9.60. The summed E-state index contributed by atoms with van der Waals surface area (Å²) < 4.78 is 0.633. The second kappa shape index (κ2) is 6.28. The molecule has 1 aromatic rings. The van der Waals surface area contributed by atoms with Gasteiger partial charge in [-0.1, -0.05) is 0 Å². The van der Waals surface area contributed by atoms with Gasteiger partial charge in [0, 0.05) is 24.2 Å². The van der Waals surface area contributed by atoms with Crippen LogP contribution in [0.2, 0.25) is 0 Å². The van der Waals surface area contributed by atoms with Gasteiger partial charge >= 0.3 is 0 Å². The lowest BCUT2D eigenvalue weighted by atomic mass is 10.1. The van der Waals surface area contributed by atoms with E-state index < -0.39 is 0 Å². The molecule has 5 nitrogen and oxygen atoms in total. The Morgan fingerprint density at radius 2 is 2.00 bits per heavy atom. The highest BCUT2D eigenvalue weighted by Crippen LogP contribution is 2.17. The van der Waals surface area contributed by atoms with Crippen molar-refractivity contribution in [2.24, 2.45) is 0 Å². The summed E-state index contributed by atoms with van der Waals surface area (Å²) in [6, 6.07) is 3.23. The van der Waals surface area contributed by atoms with E-state index in [1.807, 2.05) is 22.6 Å². The number of rotatable bonds is 3. The van der Waals surface area contributed by atoms with Crippen molar-refractivity contribution in [3.8, 4) is 0 Å². The molecule has 2 rings (SSSR count). The summed E-state index contributed by atoms with van der Waals surface area (Å²) in [5.41, 5.74) is 6.54. The maximum absolute atomic E-state index is 11.7. The Bertz CT molecular complexity index is 591. The summed E-state index contributed by atoms with van der Waals surface area (Å²) in [5, 5.41) is 0. The van der Waals surface area contributed by atoms with Gasteiger partial charge in [-0.2, -0.15) is 0 Å². The molecule has 1 aromatic heterocycles. The van der Waals surface area contributed by atoms with Gasteiger partial charge < -0.3 is 5.43 Å². The average Bonchev–Trinajstić information content (AvgIpc) is 2.43. The second-order valence-corrected chi connectivity index (χ2v) is 4.83. The van der Waals surface area contributed by atoms with E-state index in [2.05, 4.69) is 15.8 Å². The predicted octanol–water partition coefficient (Wildman–Crippen LogP) is 1.66. The van der Waals surface area contributed by atoms with Crippen LogP contribution in [0.4, 0.5) is 0 Å². The first-order chi connectivity index (χ1) is 9.16. The predicted molar refractivity (Wildman–Crippen MR) is 79.2 cm³/mol. The zero-order valence-electron chi connectivity index (χ0n) is 9.76. The molecule has 1 aliphatic rings. The lowest BCUT2D eigenvalue weighted by Crippen LogP contribution is -2.33. The number of aromatic nitrogens is 1. The topological polar surface area (TPSA) is 71.1 Å². The van der Waals surface area contributed by atoms with Gasteiger partial charge in [0.15, 0.2) is 5.78 Å². The normalized spacial score (nSPS) is 16.2. The van der Waals surface area contributed by atoms with Gasteiger partial charge in [-0.3, -0.25) is 20.0 Å². The third kappa shape index (κ3) is 3.75. The molecule has 0 spiro atoms. The molecular formula is C13H10IN3O2. The molecule has 96 valence electrons. The van der Waals surface area contributed by atoms with E-state index in [-0.39, 0.29) is 11.7 Å². The van der Waals surface area contributed by atoms with E-state index in [9.17, 15) is 9.59 Å². The molecule has 0 unspecified atom stereocenters. The van der Waals surface area contributed by atoms with Crippen LogP contribution in [0.15, 0.2) is 58.1 Å². The molecule has 0 aliphatic heterocycles. The molecule has 0 saturated heterocycles. The summed E-state index contributed by atoms with van der Waals surface area (Å²) in [5.74, 6) is -0.271. The van der Waals surface area contributed by atoms with Gasteiger partial charge in [0.25, 0.3) is 5.91 Å². The molecule has 1 heterocycles. The van der Waals surface area contributed by atoms with E-state index >= 15 is 0 Å². The molecule has 19 heavy (non-hydrogen) atoms. The first kappa shape index (κ1) is 13.5. The molecule has 0 aromatic carbocycles. The van der Waals surface area contributed by atoms with Crippen molar-refractivity contribution in [2.45, 2.75) is 0 Å². The third-order valence-corrected chi connectivity index (χ3v) is 3.17. The van der Waals surface area contributed by atoms with Crippen LogP contribution in [0.3, 0.4) is 0 Å². The van der Waals surface area contributed by atoms with E-state index in [0.29, 0.717) is 9.14 Å². The lowest BCUT2D eigenvalue weighted by molar-refractivity contribution is -0.110. The van der Waals surface area contributed by atoms with Crippen LogP contribution < -0.4 is 10.9 Å². The zero-order chi connectivity index (χ0) is 13.7. The first-order valence-corrected chi connectivity index (χ1v) is 6.50. The van der Waals surface area contributed by atoms with Crippen LogP contribution in [0, 0.1) is 0 Å². The smallest absolute Gasteiger partial charge is 0.269 e. The van der Waals surface area contributed by atoms with E-state index in [4.69, 9.17) is 0 Å². The third-order valence-electron chi connectivity index (χ3n) is 2.32. The SMILES string of the molecule is O=C1C=C/C(=C\NNC(=O)c2ccncc2)C=C1I. The number of hydrazine groups is 1. The quantitative estimate of drug-likeness (QED) is 0.630. The van der Waals surface area contributed by atoms with Crippen molar-refractivity contribution in [3.05, 3.63) is 63.7 Å². The maximum atomic E-state index is 11.7. The fourth-order valence-corrected chi connectivity index (χ4v) is 1.91. The van der Waals surface area contributed by atoms with Gasteiger partial charge in [0.1, 0.15) is 0 Å². The summed E-state index contributed by atoms with van der Waals surface area (Å²) in [7, 11) is 0. The minimum absolute atomic E-state index is 0.0152. The number of hydrogen-bond donors (Lipinski definition) is 2. The highest BCUT2D eigenvalue weighted by molar-refractivity contribution is 14.1. The number of allylic oxidation sites excluding steroid dienone is 5. The Morgan fingerprint density at radius 1 is 1.26 bits per heavy atom. The van der Waals surface area contributed by atoms with Crippen LogP contribution in [0.5, 0.6) is 0 Å². The number of halogens is 1. The number of pyridine rings is 1. The van der Waals surface area contributed by atoms with Crippen LogP contribution in [0.1, 0.15) is 10.4 Å². The molecule has 2 N–H and O–H groups in total. The summed E-state index contributed by atoms with van der Waals surface area (Å²) >= 11 is 1.97. The second-order valence-electron chi connectivity index (χ2n) is 3.67. The van der Waals surface area contributed by atoms with Crippen molar-refractivity contribution in [3.63, 3.8) is 0 Å². The van der Waals surface area contributed by atoms with Crippen LogP contribution in [-0.4, -0.2) is 16.7 Å².